The molecule has 138 valence electrons. The Hall–Kier alpha value is -2.04. The Kier molecular flexibility index (Phi) is 7.29. The second-order valence-electron chi connectivity index (χ2n) is 6.84. The summed E-state index contributed by atoms with van der Waals surface area (Å²) in [7, 11) is 3.12. The van der Waals surface area contributed by atoms with E-state index < -0.39 is 0 Å². The van der Waals surface area contributed by atoms with Gasteiger partial charge < -0.3 is 15.4 Å². The van der Waals surface area contributed by atoms with E-state index in [1.165, 1.54) is 26.4 Å². The van der Waals surface area contributed by atoms with Gasteiger partial charge in [-0.15, -0.1) is 0 Å². The molecule has 0 bridgehead atoms. The maximum absolute atomic E-state index is 12.6. The molecule has 0 atom stereocenters. The number of rotatable bonds is 7. The Labute approximate surface area is 150 Å². The van der Waals surface area contributed by atoms with Crippen LogP contribution in [0.1, 0.15) is 62.2 Å². The lowest BCUT2D eigenvalue weighted by atomic mass is 9.79. The standard InChI is InChI=1S/C20H30N2O3/c1-4-5-6-14-7-9-15(10-8-14)20(24)22-17-12-11-16(19(23)21-2)13-18(17)25-3/h11-15H,4-10H2,1-3H3,(H,21,23)(H,22,24). The van der Waals surface area contributed by atoms with Crippen molar-refractivity contribution in [3.05, 3.63) is 23.8 Å². The molecule has 5 heteroatoms. The van der Waals surface area contributed by atoms with E-state index in [0.717, 1.165) is 31.6 Å². The summed E-state index contributed by atoms with van der Waals surface area (Å²) in [4.78, 5) is 24.3. The number of carbonyl (C=O) groups is 2. The Bertz CT molecular complexity index is 593. The monoisotopic (exact) mass is 346 g/mol. The summed E-state index contributed by atoms with van der Waals surface area (Å²) in [6.45, 7) is 2.22. The van der Waals surface area contributed by atoms with E-state index in [1.807, 2.05) is 0 Å². The van der Waals surface area contributed by atoms with Gasteiger partial charge in [0.05, 0.1) is 12.8 Å². The van der Waals surface area contributed by atoms with Gasteiger partial charge in [0.2, 0.25) is 5.91 Å². The molecule has 25 heavy (non-hydrogen) atoms. The van der Waals surface area contributed by atoms with Crippen LogP contribution in [-0.4, -0.2) is 26.0 Å². The topological polar surface area (TPSA) is 67.4 Å². The molecule has 1 fully saturated rings. The Morgan fingerprint density at radius 1 is 1.20 bits per heavy atom. The zero-order valence-electron chi connectivity index (χ0n) is 15.6. The molecule has 5 nitrogen and oxygen atoms in total. The minimum absolute atomic E-state index is 0.0555. The zero-order chi connectivity index (χ0) is 18.2. The first kappa shape index (κ1) is 19.3. The molecule has 1 aromatic rings. The first-order valence-electron chi connectivity index (χ1n) is 9.30. The fourth-order valence-electron chi connectivity index (χ4n) is 3.52. The average Bonchev–Trinajstić information content (AvgIpc) is 2.66. The summed E-state index contributed by atoms with van der Waals surface area (Å²) in [6.07, 6.45) is 8.02. The lowest BCUT2D eigenvalue weighted by Gasteiger charge is -2.28. The van der Waals surface area contributed by atoms with Crippen molar-refractivity contribution in [1.82, 2.24) is 5.32 Å². The normalized spacial score (nSPS) is 20.0. The number of benzene rings is 1. The number of carbonyl (C=O) groups excluding carboxylic acids is 2. The molecule has 0 aliphatic heterocycles. The van der Waals surface area contributed by atoms with Gasteiger partial charge in [-0.1, -0.05) is 26.2 Å². The lowest BCUT2D eigenvalue weighted by Crippen LogP contribution is -2.27. The van der Waals surface area contributed by atoms with Gasteiger partial charge in [0.1, 0.15) is 5.75 Å². The van der Waals surface area contributed by atoms with E-state index in [2.05, 4.69) is 17.6 Å². The van der Waals surface area contributed by atoms with E-state index in [4.69, 9.17) is 4.74 Å². The maximum atomic E-state index is 12.6. The van der Waals surface area contributed by atoms with Crippen molar-refractivity contribution in [3.63, 3.8) is 0 Å². The van der Waals surface area contributed by atoms with Crippen LogP contribution >= 0.6 is 0 Å². The molecule has 0 spiro atoms. The van der Waals surface area contributed by atoms with Crippen LogP contribution in [0.2, 0.25) is 0 Å². The molecule has 0 unspecified atom stereocenters. The van der Waals surface area contributed by atoms with E-state index in [1.54, 1.807) is 25.2 Å². The van der Waals surface area contributed by atoms with E-state index in [0.29, 0.717) is 17.0 Å². The third kappa shape index (κ3) is 5.21. The van der Waals surface area contributed by atoms with Gasteiger partial charge in [0, 0.05) is 18.5 Å². The van der Waals surface area contributed by atoms with Crippen LogP contribution in [0.3, 0.4) is 0 Å². The molecular weight excluding hydrogens is 316 g/mol. The predicted octanol–water partition coefficient (Wildman–Crippen LogP) is 3.99. The second kappa shape index (κ2) is 9.44. The summed E-state index contributed by atoms with van der Waals surface area (Å²) in [6, 6.07) is 5.07. The Morgan fingerprint density at radius 3 is 2.52 bits per heavy atom. The number of methoxy groups -OCH3 is 1. The number of ether oxygens (including phenoxy) is 1. The van der Waals surface area contributed by atoms with Crippen LogP contribution in [0.4, 0.5) is 5.69 Å². The SMILES string of the molecule is CCCCC1CCC(C(=O)Nc2ccc(C(=O)NC)cc2OC)CC1. The predicted molar refractivity (Wildman–Crippen MR) is 100.0 cm³/mol. The number of anilines is 1. The van der Waals surface area contributed by atoms with Crippen LogP contribution in [0.5, 0.6) is 5.75 Å². The maximum Gasteiger partial charge on any atom is 0.251 e. The van der Waals surface area contributed by atoms with E-state index >= 15 is 0 Å². The summed E-state index contributed by atoms with van der Waals surface area (Å²) >= 11 is 0. The van der Waals surface area contributed by atoms with Gasteiger partial charge >= 0.3 is 0 Å². The van der Waals surface area contributed by atoms with Crippen LogP contribution < -0.4 is 15.4 Å². The quantitative estimate of drug-likeness (QED) is 0.784. The second-order valence-corrected chi connectivity index (χ2v) is 6.84. The third-order valence-corrected chi connectivity index (χ3v) is 5.13. The number of hydrogen-bond acceptors (Lipinski definition) is 3. The minimum atomic E-state index is -0.179. The number of amides is 2. The molecule has 1 aliphatic carbocycles. The molecule has 1 saturated carbocycles. The number of hydrogen-bond donors (Lipinski definition) is 2. The van der Waals surface area contributed by atoms with E-state index in [-0.39, 0.29) is 17.7 Å². The van der Waals surface area contributed by atoms with Gasteiger partial charge in [-0.2, -0.15) is 0 Å². The highest BCUT2D eigenvalue weighted by molar-refractivity contribution is 5.97. The summed E-state index contributed by atoms with van der Waals surface area (Å²) in [5, 5.41) is 5.56. The Balaban J connectivity index is 1.95. The highest BCUT2D eigenvalue weighted by atomic mass is 16.5. The average molecular weight is 346 g/mol. The van der Waals surface area contributed by atoms with Crippen molar-refractivity contribution in [2.24, 2.45) is 11.8 Å². The first-order valence-corrected chi connectivity index (χ1v) is 9.30. The van der Waals surface area contributed by atoms with Gasteiger partial charge in [0.15, 0.2) is 0 Å². The minimum Gasteiger partial charge on any atom is -0.495 e. The van der Waals surface area contributed by atoms with Crippen molar-refractivity contribution in [2.45, 2.75) is 51.9 Å². The van der Waals surface area contributed by atoms with Crippen molar-refractivity contribution < 1.29 is 14.3 Å². The zero-order valence-corrected chi connectivity index (χ0v) is 15.6. The fraction of sp³-hybridized carbons (Fsp3) is 0.600. The van der Waals surface area contributed by atoms with Crippen molar-refractivity contribution in [2.75, 3.05) is 19.5 Å². The molecule has 2 N–H and O–H groups in total. The van der Waals surface area contributed by atoms with E-state index in [9.17, 15) is 9.59 Å². The Morgan fingerprint density at radius 2 is 1.92 bits per heavy atom. The molecule has 0 heterocycles. The molecular formula is C20H30N2O3. The third-order valence-electron chi connectivity index (χ3n) is 5.13. The van der Waals surface area contributed by atoms with Crippen LogP contribution in [0.15, 0.2) is 18.2 Å². The first-order chi connectivity index (χ1) is 12.1. The van der Waals surface area contributed by atoms with Crippen molar-refractivity contribution in [1.29, 1.82) is 0 Å². The van der Waals surface area contributed by atoms with Gasteiger partial charge in [0.25, 0.3) is 5.91 Å². The highest BCUT2D eigenvalue weighted by Gasteiger charge is 2.26. The molecule has 0 aromatic heterocycles. The van der Waals surface area contributed by atoms with Crippen molar-refractivity contribution in [3.8, 4) is 5.75 Å². The number of unbranched alkanes of at least 4 members (excludes halogenated alkanes) is 1. The summed E-state index contributed by atoms with van der Waals surface area (Å²) in [5.74, 6) is 1.24. The molecule has 2 rings (SSSR count). The highest BCUT2D eigenvalue weighted by Crippen LogP contribution is 2.33. The van der Waals surface area contributed by atoms with Gasteiger partial charge in [-0.05, 0) is 49.8 Å². The molecule has 0 saturated heterocycles. The van der Waals surface area contributed by atoms with Crippen LogP contribution in [-0.2, 0) is 4.79 Å². The smallest absolute Gasteiger partial charge is 0.251 e. The van der Waals surface area contributed by atoms with Crippen molar-refractivity contribution >= 4 is 17.5 Å². The summed E-state index contributed by atoms with van der Waals surface area (Å²) in [5.41, 5.74) is 1.13. The number of nitrogens with one attached hydrogen (secondary N) is 2. The van der Waals surface area contributed by atoms with Gasteiger partial charge in [-0.25, -0.2) is 0 Å². The molecule has 1 aromatic carbocycles. The largest absolute Gasteiger partial charge is 0.495 e. The van der Waals surface area contributed by atoms with Gasteiger partial charge in [-0.3, -0.25) is 9.59 Å². The fourth-order valence-corrected chi connectivity index (χ4v) is 3.52. The van der Waals surface area contributed by atoms with Crippen LogP contribution in [0.25, 0.3) is 0 Å². The molecule has 2 amide bonds. The lowest BCUT2D eigenvalue weighted by molar-refractivity contribution is -0.121. The molecule has 1 aliphatic rings. The van der Waals surface area contributed by atoms with Crippen LogP contribution in [0, 0.1) is 11.8 Å². The summed E-state index contributed by atoms with van der Waals surface area (Å²) < 4.78 is 5.34. The molecule has 0 radical (unpaired) electrons.